The highest BCUT2D eigenvalue weighted by Gasteiger charge is 2.42. The summed E-state index contributed by atoms with van der Waals surface area (Å²) < 4.78 is 11.5. The van der Waals surface area contributed by atoms with Gasteiger partial charge in [-0.2, -0.15) is 0 Å². The average Bonchev–Trinajstić information content (AvgIpc) is 3.08. The molecule has 18 heavy (non-hydrogen) atoms. The van der Waals surface area contributed by atoms with Crippen molar-refractivity contribution in [3.63, 3.8) is 0 Å². The van der Waals surface area contributed by atoms with Gasteiger partial charge in [-0.3, -0.25) is 0 Å². The maximum absolute atomic E-state index is 5.86. The molecular formula is C15H21NO2. The molecule has 2 aliphatic rings. The molecule has 1 unspecified atom stereocenters. The van der Waals surface area contributed by atoms with E-state index in [4.69, 9.17) is 15.2 Å². The summed E-state index contributed by atoms with van der Waals surface area (Å²) in [6, 6.07) is 8.70. The lowest BCUT2D eigenvalue weighted by Gasteiger charge is -2.18. The van der Waals surface area contributed by atoms with Gasteiger partial charge in [-0.15, -0.1) is 0 Å². The third-order valence-electron chi connectivity index (χ3n) is 4.15. The minimum absolute atomic E-state index is 0.0575. The average molecular weight is 247 g/mol. The van der Waals surface area contributed by atoms with E-state index in [2.05, 4.69) is 24.3 Å². The van der Waals surface area contributed by atoms with Crippen molar-refractivity contribution in [1.82, 2.24) is 0 Å². The molecule has 2 fully saturated rings. The molecule has 0 bridgehead atoms. The number of hydrogen-bond donors (Lipinski definition) is 1. The molecule has 0 radical (unpaired) electrons. The molecule has 1 aromatic rings. The van der Waals surface area contributed by atoms with E-state index in [0.29, 0.717) is 6.61 Å². The number of nitrogens with two attached hydrogens (primary N) is 1. The fraction of sp³-hybridized carbons (Fsp3) is 0.600. The Morgan fingerprint density at radius 3 is 2.33 bits per heavy atom. The smallest absolute Gasteiger partial charge is 0.163 e. The quantitative estimate of drug-likeness (QED) is 0.892. The van der Waals surface area contributed by atoms with E-state index in [0.717, 1.165) is 6.54 Å². The predicted molar refractivity (Wildman–Crippen MR) is 70.3 cm³/mol. The van der Waals surface area contributed by atoms with Crippen molar-refractivity contribution in [2.45, 2.75) is 44.0 Å². The molecule has 0 amide bonds. The molecule has 3 rings (SSSR count). The maximum atomic E-state index is 5.86. The lowest BCUT2D eigenvalue weighted by atomic mass is 9.94. The van der Waals surface area contributed by atoms with Gasteiger partial charge in [-0.05, 0) is 37.8 Å². The van der Waals surface area contributed by atoms with E-state index in [1.54, 1.807) is 0 Å². The molecule has 1 heterocycles. The van der Waals surface area contributed by atoms with Crippen LogP contribution in [0.4, 0.5) is 0 Å². The summed E-state index contributed by atoms with van der Waals surface area (Å²) in [7, 11) is 0. The van der Waals surface area contributed by atoms with Crippen molar-refractivity contribution in [2.75, 3.05) is 13.2 Å². The third kappa shape index (κ3) is 2.07. The topological polar surface area (TPSA) is 44.5 Å². The van der Waals surface area contributed by atoms with Gasteiger partial charge < -0.3 is 15.2 Å². The van der Waals surface area contributed by atoms with E-state index in [1.165, 1.54) is 24.0 Å². The standard InChI is InChI=1S/C15H21NO2/c1-14(2)17-9-13(18-14)11-3-5-12(6-4-11)15(10-16)7-8-15/h3-6,13H,7-10,16H2,1-2H3. The lowest BCUT2D eigenvalue weighted by molar-refractivity contribution is -0.139. The van der Waals surface area contributed by atoms with Gasteiger partial charge in [0.25, 0.3) is 0 Å². The summed E-state index contributed by atoms with van der Waals surface area (Å²) in [5, 5.41) is 0. The summed E-state index contributed by atoms with van der Waals surface area (Å²) in [6.07, 6.45) is 2.50. The number of rotatable bonds is 3. The largest absolute Gasteiger partial charge is 0.347 e. The van der Waals surface area contributed by atoms with Crippen LogP contribution in [0, 0.1) is 0 Å². The maximum Gasteiger partial charge on any atom is 0.163 e. The van der Waals surface area contributed by atoms with Crippen LogP contribution in [0.1, 0.15) is 43.9 Å². The van der Waals surface area contributed by atoms with Crippen molar-refractivity contribution in [1.29, 1.82) is 0 Å². The number of ether oxygens (including phenoxy) is 2. The van der Waals surface area contributed by atoms with Crippen LogP contribution in [0.2, 0.25) is 0 Å². The Kier molecular flexibility index (Phi) is 2.73. The molecule has 2 N–H and O–H groups in total. The van der Waals surface area contributed by atoms with Gasteiger partial charge in [-0.1, -0.05) is 24.3 Å². The highest BCUT2D eigenvalue weighted by Crippen LogP contribution is 2.47. The van der Waals surface area contributed by atoms with Crippen molar-refractivity contribution >= 4 is 0 Å². The Labute approximate surface area is 108 Å². The van der Waals surface area contributed by atoms with Gasteiger partial charge in [0, 0.05) is 12.0 Å². The molecular weight excluding hydrogens is 226 g/mol. The van der Waals surface area contributed by atoms with Gasteiger partial charge in [0.2, 0.25) is 0 Å². The Balaban J connectivity index is 1.76. The second kappa shape index (κ2) is 4.05. The molecule has 1 atom stereocenters. The fourth-order valence-corrected chi connectivity index (χ4v) is 2.66. The van der Waals surface area contributed by atoms with Crippen LogP contribution >= 0.6 is 0 Å². The van der Waals surface area contributed by atoms with Gasteiger partial charge in [0.15, 0.2) is 5.79 Å². The van der Waals surface area contributed by atoms with Crippen LogP contribution in [-0.4, -0.2) is 18.9 Å². The third-order valence-corrected chi connectivity index (χ3v) is 4.15. The summed E-state index contributed by atoms with van der Waals surface area (Å²) in [6.45, 7) is 5.29. The zero-order chi connectivity index (χ0) is 12.8. The molecule has 0 aromatic heterocycles. The van der Waals surface area contributed by atoms with Crippen molar-refractivity contribution < 1.29 is 9.47 Å². The molecule has 1 saturated heterocycles. The zero-order valence-electron chi connectivity index (χ0n) is 11.1. The second-order valence-corrected chi connectivity index (χ2v) is 5.92. The molecule has 1 aromatic carbocycles. The summed E-state index contributed by atoms with van der Waals surface area (Å²) in [5.41, 5.74) is 8.68. The molecule has 1 saturated carbocycles. The number of benzene rings is 1. The Hall–Kier alpha value is -0.900. The monoisotopic (exact) mass is 247 g/mol. The summed E-state index contributed by atoms with van der Waals surface area (Å²) >= 11 is 0. The minimum atomic E-state index is -0.460. The molecule has 0 spiro atoms. The van der Waals surface area contributed by atoms with Crippen molar-refractivity contribution in [2.24, 2.45) is 5.73 Å². The van der Waals surface area contributed by atoms with Crippen molar-refractivity contribution in [3.05, 3.63) is 35.4 Å². The van der Waals surface area contributed by atoms with Crippen molar-refractivity contribution in [3.8, 4) is 0 Å². The SMILES string of the molecule is CC1(C)OCC(c2ccc(C3(CN)CC3)cc2)O1. The van der Waals surface area contributed by atoms with Crippen LogP contribution in [0.25, 0.3) is 0 Å². The number of hydrogen-bond acceptors (Lipinski definition) is 3. The Morgan fingerprint density at radius 2 is 1.89 bits per heavy atom. The zero-order valence-corrected chi connectivity index (χ0v) is 11.1. The summed E-state index contributed by atoms with van der Waals surface area (Å²) in [5.74, 6) is -0.460. The van der Waals surface area contributed by atoms with Gasteiger partial charge in [-0.25, -0.2) is 0 Å². The van der Waals surface area contributed by atoms with E-state index >= 15 is 0 Å². The molecule has 1 aliphatic heterocycles. The van der Waals surface area contributed by atoms with E-state index in [1.807, 2.05) is 13.8 Å². The van der Waals surface area contributed by atoms with E-state index in [-0.39, 0.29) is 11.5 Å². The highest BCUT2D eigenvalue weighted by molar-refractivity contribution is 5.35. The normalized spacial score (nSPS) is 28.3. The van der Waals surface area contributed by atoms with E-state index < -0.39 is 5.79 Å². The lowest BCUT2D eigenvalue weighted by Crippen LogP contribution is -2.20. The van der Waals surface area contributed by atoms with E-state index in [9.17, 15) is 0 Å². The Bertz CT molecular complexity index is 434. The highest BCUT2D eigenvalue weighted by atomic mass is 16.7. The van der Waals surface area contributed by atoms with Crippen LogP contribution in [0.3, 0.4) is 0 Å². The first-order valence-electron chi connectivity index (χ1n) is 6.67. The Morgan fingerprint density at radius 1 is 1.22 bits per heavy atom. The molecule has 98 valence electrons. The fourth-order valence-electron chi connectivity index (χ4n) is 2.66. The van der Waals surface area contributed by atoms with Gasteiger partial charge in [0.05, 0.1) is 6.61 Å². The first-order valence-corrected chi connectivity index (χ1v) is 6.67. The van der Waals surface area contributed by atoms with Crippen LogP contribution in [-0.2, 0) is 14.9 Å². The van der Waals surface area contributed by atoms with Gasteiger partial charge >= 0.3 is 0 Å². The first-order chi connectivity index (χ1) is 8.55. The second-order valence-electron chi connectivity index (χ2n) is 5.92. The summed E-state index contributed by atoms with van der Waals surface area (Å²) in [4.78, 5) is 0. The molecule has 3 nitrogen and oxygen atoms in total. The molecule has 1 aliphatic carbocycles. The molecule has 3 heteroatoms. The minimum Gasteiger partial charge on any atom is -0.347 e. The van der Waals surface area contributed by atoms with Crippen LogP contribution in [0.5, 0.6) is 0 Å². The van der Waals surface area contributed by atoms with Crippen LogP contribution < -0.4 is 5.73 Å². The first kappa shape index (κ1) is 12.2. The van der Waals surface area contributed by atoms with Gasteiger partial charge in [0.1, 0.15) is 6.10 Å². The predicted octanol–water partition coefficient (Wildman–Crippen LogP) is 2.50. The van der Waals surface area contributed by atoms with Crippen LogP contribution in [0.15, 0.2) is 24.3 Å².